The molecule has 0 saturated heterocycles. The van der Waals surface area contributed by atoms with Gasteiger partial charge in [0, 0.05) is 76.6 Å². The molecule has 0 heterocycles. The van der Waals surface area contributed by atoms with E-state index in [4.69, 9.17) is 0 Å². The largest absolute Gasteiger partial charge is 0.507 e. The fourth-order valence-electron chi connectivity index (χ4n) is 6.28. The van der Waals surface area contributed by atoms with Gasteiger partial charge in [-0.05, 0) is 38.1 Å². The zero-order valence-electron chi connectivity index (χ0n) is 32.6. The molecule has 0 bridgehead atoms. The zero-order valence-corrected chi connectivity index (χ0v) is 32.6. The molecule has 0 radical (unpaired) electrons. The normalized spacial score (nSPS) is 11.5. The first-order valence-electron chi connectivity index (χ1n) is 20.9. The van der Waals surface area contributed by atoms with Crippen LogP contribution in [0, 0.1) is 0 Å². The fourth-order valence-corrected chi connectivity index (χ4v) is 6.28. The summed E-state index contributed by atoms with van der Waals surface area (Å²) in [4.78, 5) is 11.7. The van der Waals surface area contributed by atoms with Crippen LogP contribution in [0.5, 0.6) is 5.75 Å². The molecule has 1 rings (SSSR count). The Morgan fingerprint density at radius 1 is 0.440 bits per heavy atom. The van der Waals surface area contributed by atoms with Gasteiger partial charge in [0.05, 0.1) is 5.56 Å². The van der Waals surface area contributed by atoms with Crippen molar-refractivity contribution in [2.24, 2.45) is 0 Å². The van der Waals surface area contributed by atoms with Crippen LogP contribution in [-0.2, 0) is 13.1 Å². The fraction of sp³-hybridized carbons (Fsp3) is 0.829. The highest BCUT2D eigenvalue weighted by Gasteiger charge is 2.13. The van der Waals surface area contributed by atoms with E-state index < -0.39 is 5.97 Å². The first kappa shape index (κ1) is 46.3. The number of aromatic hydroxyl groups is 1. The molecule has 50 heavy (non-hydrogen) atoms. The van der Waals surface area contributed by atoms with Gasteiger partial charge in [0.15, 0.2) is 0 Å². The van der Waals surface area contributed by atoms with E-state index in [0.717, 1.165) is 65.4 Å². The lowest BCUT2D eigenvalue weighted by Gasteiger charge is -2.14. The Bertz CT molecular complexity index is 842. The van der Waals surface area contributed by atoms with Gasteiger partial charge in [-0.15, -0.1) is 0 Å². The Kier molecular flexibility index (Phi) is 33.0. The number of carboxylic acid groups (broad SMARTS) is 1. The van der Waals surface area contributed by atoms with Crippen molar-refractivity contribution in [3.8, 4) is 5.75 Å². The van der Waals surface area contributed by atoms with Gasteiger partial charge in [-0.2, -0.15) is 0 Å². The number of hydrogen-bond donors (Lipinski definition) is 8. The van der Waals surface area contributed by atoms with Crippen molar-refractivity contribution >= 4 is 5.97 Å². The summed E-state index contributed by atoms with van der Waals surface area (Å²) in [5.41, 5.74) is 1.44. The molecule has 0 unspecified atom stereocenters. The molecule has 9 nitrogen and oxygen atoms in total. The third kappa shape index (κ3) is 27.9. The number of benzene rings is 1. The van der Waals surface area contributed by atoms with Gasteiger partial charge >= 0.3 is 5.97 Å². The molecule has 292 valence electrons. The molecule has 9 heteroatoms. The lowest BCUT2D eigenvalue weighted by Crippen LogP contribution is -2.33. The summed E-state index contributed by atoms with van der Waals surface area (Å²) in [6.45, 7) is 14.4. The predicted octanol–water partition coefficient (Wildman–Crippen LogP) is 7.47. The van der Waals surface area contributed by atoms with E-state index in [1.54, 1.807) is 12.1 Å². The van der Waals surface area contributed by atoms with Crippen LogP contribution in [0.2, 0.25) is 0 Å². The second-order valence-electron chi connectivity index (χ2n) is 14.2. The SMILES string of the molecule is CCCCCCCCCCCCNCCNCCNCc1cc(C(=O)O)cc(CNCCNCCNCCCCCCCCCCCC)c1O. The number of aromatic carboxylic acids is 1. The van der Waals surface area contributed by atoms with Gasteiger partial charge in [-0.3, -0.25) is 0 Å². The van der Waals surface area contributed by atoms with Gasteiger partial charge in [0.2, 0.25) is 0 Å². The van der Waals surface area contributed by atoms with Crippen LogP contribution in [0.15, 0.2) is 12.1 Å². The van der Waals surface area contributed by atoms with Gasteiger partial charge in [0.25, 0.3) is 0 Å². The van der Waals surface area contributed by atoms with Crippen LogP contribution in [0.3, 0.4) is 0 Å². The summed E-state index contributed by atoms with van der Waals surface area (Å²) in [5, 5.41) is 41.1. The molecule has 0 aromatic heterocycles. The molecule has 0 aliphatic carbocycles. The van der Waals surface area contributed by atoms with E-state index in [-0.39, 0.29) is 11.3 Å². The summed E-state index contributed by atoms with van der Waals surface area (Å²) < 4.78 is 0. The topological polar surface area (TPSA) is 130 Å². The zero-order chi connectivity index (χ0) is 36.2. The van der Waals surface area contributed by atoms with Crippen LogP contribution in [0.25, 0.3) is 0 Å². The molecule has 0 amide bonds. The average molecular weight is 705 g/mol. The Labute approximate surface area is 307 Å². The van der Waals surface area contributed by atoms with Crippen LogP contribution >= 0.6 is 0 Å². The van der Waals surface area contributed by atoms with Crippen molar-refractivity contribution in [1.82, 2.24) is 31.9 Å². The summed E-state index contributed by atoms with van der Waals surface area (Å²) >= 11 is 0. The van der Waals surface area contributed by atoms with Gasteiger partial charge < -0.3 is 42.1 Å². The molecule has 1 aromatic carbocycles. The monoisotopic (exact) mass is 705 g/mol. The van der Waals surface area contributed by atoms with E-state index in [1.165, 1.54) is 128 Å². The van der Waals surface area contributed by atoms with E-state index in [1.807, 2.05) is 0 Å². The lowest BCUT2D eigenvalue weighted by atomic mass is 10.0. The third-order valence-corrected chi connectivity index (χ3v) is 9.47. The summed E-state index contributed by atoms with van der Waals surface area (Å²) in [7, 11) is 0. The maximum atomic E-state index is 11.7. The Balaban J connectivity index is 2.05. The molecule has 0 atom stereocenters. The van der Waals surface area contributed by atoms with E-state index in [0.29, 0.717) is 24.2 Å². The highest BCUT2D eigenvalue weighted by molar-refractivity contribution is 5.88. The molecule has 0 fully saturated rings. The highest BCUT2D eigenvalue weighted by Crippen LogP contribution is 2.25. The minimum absolute atomic E-state index is 0.170. The van der Waals surface area contributed by atoms with Crippen molar-refractivity contribution in [2.75, 3.05) is 65.4 Å². The minimum Gasteiger partial charge on any atom is -0.507 e. The lowest BCUT2D eigenvalue weighted by molar-refractivity contribution is 0.0696. The maximum absolute atomic E-state index is 11.7. The van der Waals surface area contributed by atoms with Crippen molar-refractivity contribution in [2.45, 2.75) is 155 Å². The van der Waals surface area contributed by atoms with E-state index in [9.17, 15) is 15.0 Å². The molecular weight excluding hydrogens is 624 g/mol. The van der Waals surface area contributed by atoms with Crippen molar-refractivity contribution < 1.29 is 15.0 Å². The summed E-state index contributed by atoms with van der Waals surface area (Å²) in [5.74, 6) is -0.810. The summed E-state index contributed by atoms with van der Waals surface area (Å²) in [6, 6.07) is 3.15. The Morgan fingerprint density at radius 2 is 0.720 bits per heavy atom. The molecule has 0 spiro atoms. The second kappa shape index (κ2) is 35.6. The van der Waals surface area contributed by atoms with Crippen molar-refractivity contribution in [3.63, 3.8) is 0 Å². The predicted molar refractivity (Wildman–Crippen MR) is 214 cm³/mol. The van der Waals surface area contributed by atoms with Crippen LogP contribution in [0.4, 0.5) is 0 Å². The smallest absolute Gasteiger partial charge is 0.335 e. The molecule has 0 aliphatic rings. The van der Waals surface area contributed by atoms with E-state index in [2.05, 4.69) is 45.7 Å². The molecule has 1 aromatic rings. The summed E-state index contributed by atoms with van der Waals surface area (Å²) in [6.07, 6.45) is 27.3. The molecule has 0 saturated carbocycles. The molecule has 8 N–H and O–H groups in total. The standard InChI is InChI=1S/C41H80N6O3/c1-3-5-7-9-11-13-15-17-19-21-23-42-25-27-44-29-31-46-35-38-33-37(41(49)50)34-39(40(38)48)36-47-32-30-45-28-26-43-24-22-20-18-16-14-12-10-8-6-4-2/h33-34,42-48H,3-32,35-36H2,1-2H3,(H,49,50). The number of phenolic OH excluding ortho intramolecular Hbond substituents is 1. The van der Waals surface area contributed by atoms with Crippen molar-refractivity contribution in [1.29, 1.82) is 0 Å². The van der Waals surface area contributed by atoms with Crippen LogP contribution in [-0.4, -0.2) is 81.6 Å². The number of carboxylic acids is 1. The molecule has 0 aliphatic heterocycles. The Morgan fingerprint density at radius 3 is 1.04 bits per heavy atom. The van der Waals surface area contributed by atoms with Gasteiger partial charge in [-0.25, -0.2) is 4.79 Å². The second-order valence-corrected chi connectivity index (χ2v) is 14.2. The Hall–Kier alpha value is -1.75. The first-order valence-corrected chi connectivity index (χ1v) is 20.9. The number of nitrogens with one attached hydrogen (secondary N) is 6. The number of phenols is 1. The van der Waals surface area contributed by atoms with Crippen LogP contribution in [0.1, 0.15) is 164 Å². The highest BCUT2D eigenvalue weighted by atomic mass is 16.4. The van der Waals surface area contributed by atoms with E-state index >= 15 is 0 Å². The average Bonchev–Trinajstić information content (AvgIpc) is 3.11. The number of hydrogen-bond acceptors (Lipinski definition) is 8. The number of rotatable bonds is 39. The third-order valence-electron chi connectivity index (χ3n) is 9.47. The maximum Gasteiger partial charge on any atom is 0.335 e. The molecular formula is C41H80N6O3. The quantitative estimate of drug-likeness (QED) is 0.0329. The van der Waals surface area contributed by atoms with Gasteiger partial charge in [0.1, 0.15) is 5.75 Å². The van der Waals surface area contributed by atoms with Gasteiger partial charge in [-0.1, -0.05) is 129 Å². The number of unbranched alkanes of at least 4 members (excludes halogenated alkanes) is 18. The van der Waals surface area contributed by atoms with Crippen LogP contribution < -0.4 is 31.9 Å². The number of carbonyl (C=O) groups is 1. The van der Waals surface area contributed by atoms with Crippen molar-refractivity contribution in [3.05, 3.63) is 28.8 Å². The minimum atomic E-state index is -0.980. The first-order chi connectivity index (χ1) is 24.6.